The summed E-state index contributed by atoms with van der Waals surface area (Å²) in [5, 5.41) is 8.96. The van der Waals surface area contributed by atoms with Gasteiger partial charge in [0.05, 0.1) is 18.7 Å². The number of nitrogen functional groups attached to an aromatic ring is 1. The first-order valence-corrected chi connectivity index (χ1v) is 5.75. The number of methoxy groups -OCH3 is 1. The SMILES string of the molecule is COc1cc(C#N)cc(Oc2ccc(N)cc2C)c1. The molecule has 0 spiro atoms. The largest absolute Gasteiger partial charge is 0.497 e. The molecular formula is C15H14N2O2. The molecule has 4 nitrogen and oxygen atoms in total. The van der Waals surface area contributed by atoms with Gasteiger partial charge in [-0.1, -0.05) is 0 Å². The van der Waals surface area contributed by atoms with Crippen LogP contribution in [0, 0.1) is 18.3 Å². The highest BCUT2D eigenvalue weighted by molar-refractivity contribution is 5.50. The summed E-state index contributed by atoms with van der Waals surface area (Å²) in [7, 11) is 1.55. The van der Waals surface area contributed by atoms with Crippen LogP contribution in [0.15, 0.2) is 36.4 Å². The van der Waals surface area contributed by atoms with Gasteiger partial charge in [0, 0.05) is 11.8 Å². The average molecular weight is 254 g/mol. The molecule has 0 saturated heterocycles. The van der Waals surface area contributed by atoms with Gasteiger partial charge in [-0.3, -0.25) is 0 Å². The molecule has 0 aliphatic carbocycles. The number of ether oxygens (including phenoxy) is 2. The molecule has 19 heavy (non-hydrogen) atoms. The predicted molar refractivity (Wildman–Crippen MR) is 73.4 cm³/mol. The Morgan fingerprint density at radius 2 is 1.84 bits per heavy atom. The van der Waals surface area contributed by atoms with Crippen molar-refractivity contribution in [3.05, 3.63) is 47.5 Å². The van der Waals surface area contributed by atoms with Crippen LogP contribution in [0.3, 0.4) is 0 Å². The van der Waals surface area contributed by atoms with Crippen LogP contribution in [-0.4, -0.2) is 7.11 Å². The van der Waals surface area contributed by atoms with E-state index in [1.807, 2.05) is 13.0 Å². The number of aryl methyl sites for hydroxylation is 1. The van der Waals surface area contributed by atoms with Crippen LogP contribution in [0.1, 0.15) is 11.1 Å². The van der Waals surface area contributed by atoms with Gasteiger partial charge in [0.2, 0.25) is 0 Å². The van der Waals surface area contributed by atoms with Crippen molar-refractivity contribution in [1.82, 2.24) is 0 Å². The molecule has 2 N–H and O–H groups in total. The Labute approximate surface area is 112 Å². The second-order valence-electron chi connectivity index (χ2n) is 4.14. The van der Waals surface area contributed by atoms with Crippen LogP contribution in [0.25, 0.3) is 0 Å². The number of nitrogens with zero attached hydrogens (tertiary/aromatic N) is 1. The monoisotopic (exact) mass is 254 g/mol. The molecule has 2 aromatic rings. The molecule has 0 amide bonds. The second-order valence-corrected chi connectivity index (χ2v) is 4.14. The molecule has 0 bridgehead atoms. The lowest BCUT2D eigenvalue weighted by Gasteiger charge is -2.10. The molecule has 2 aromatic carbocycles. The molecule has 0 fully saturated rings. The summed E-state index contributed by atoms with van der Waals surface area (Å²) < 4.78 is 10.9. The molecule has 0 aliphatic rings. The molecule has 2 rings (SSSR count). The lowest BCUT2D eigenvalue weighted by molar-refractivity contribution is 0.408. The Kier molecular flexibility index (Phi) is 3.58. The third kappa shape index (κ3) is 2.96. The van der Waals surface area contributed by atoms with E-state index < -0.39 is 0 Å². The summed E-state index contributed by atoms with van der Waals surface area (Å²) >= 11 is 0. The number of nitriles is 1. The van der Waals surface area contributed by atoms with Crippen LogP contribution in [0.5, 0.6) is 17.2 Å². The Hall–Kier alpha value is -2.67. The topological polar surface area (TPSA) is 68.3 Å². The van der Waals surface area contributed by atoms with Crippen molar-refractivity contribution in [2.75, 3.05) is 12.8 Å². The zero-order valence-electron chi connectivity index (χ0n) is 10.8. The first-order chi connectivity index (χ1) is 9.12. The molecule has 0 saturated carbocycles. The number of hydrogen-bond donors (Lipinski definition) is 1. The highest BCUT2D eigenvalue weighted by Crippen LogP contribution is 2.29. The maximum absolute atomic E-state index is 8.96. The minimum atomic E-state index is 0.488. The fraction of sp³-hybridized carbons (Fsp3) is 0.133. The van der Waals surface area contributed by atoms with Crippen molar-refractivity contribution in [1.29, 1.82) is 5.26 Å². The number of rotatable bonds is 3. The van der Waals surface area contributed by atoms with Crippen molar-refractivity contribution in [2.24, 2.45) is 0 Å². The maximum atomic E-state index is 8.96. The first kappa shape index (κ1) is 12.8. The van der Waals surface area contributed by atoms with Gasteiger partial charge < -0.3 is 15.2 Å². The maximum Gasteiger partial charge on any atom is 0.132 e. The van der Waals surface area contributed by atoms with Crippen molar-refractivity contribution >= 4 is 5.69 Å². The Morgan fingerprint density at radius 3 is 2.47 bits per heavy atom. The van der Waals surface area contributed by atoms with Gasteiger partial charge in [0.1, 0.15) is 17.2 Å². The zero-order chi connectivity index (χ0) is 13.8. The summed E-state index contributed by atoms with van der Waals surface area (Å²) in [5.41, 5.74) is 7.80. The number of anilines is 1. The normalized spacial score (nSPS) is 9.74. The highest BCUT2D eigenvalue weighted by Gasteiger charge is 2.05. The van der Waals surface area contributed by atoms with Crippen molar-refractivity contribution in [3.8, 4) is 23.3 Å². The standard InChI is InChI=1S/C15H14N2O2/c1-10-5-12(17)3-4-15(10)19-14-7-11(9-16)6-13(8-14)18-2/h3-8H,17H2,1-2H3. The number of hydrogen-bond acceptors (Lipinski definition) is 4. The van der Waals surface area contributed by atoms with Gasteiger partial charge in [-0.2, -0.15) is 5.26 Å². The minimum absolute atomic E-state index is 0.488. The van der Waals surface area contributed by atoms with E-state index in [1.165, 1.54) is 0 Å². The van der Waals surface area contributed by atoms with Crippen LogP contribution >= 0.6 is 0 Å². The molecular weight excluding hydrogens is 240 g/mol. The summed E-state index contributed by atoms with van der Waals surface area (Å²) in [4.78, 5) is 0. The van der Waals surface area contributed by atoms with E-state index in [1.54, 1.807) is 37.4 Å². The lowest BCUT2D eigenvalue weighted by atomic mass is 10.2. The summed E-state index contributed by atoms with van der Waals surface area (Å²) in [6, 6.07) is 12.5. The molecule has 96 valence electrons. The van der Waals surface area contributed by atoms with Crippen LogP contribution < -0.4 is 15.2 Å². The molecule has 0 unspecified atom stereocenters. The van der Waals surface area contributed by atoms with Gasteiger partial charge in [-0.05, 0) is 42.8 Å². The van der Waals surface area contributed by atoms with E-state index in [4.69, 9.17) is 20.5 Å². The highest BCUT2D eigenvalue weighted by atomic mass is 16.5. The lowest BCUT2D eigenvalue weighted by Crippen LogP contribution is -1.92. The molecule has 4 heteroatoms. The Bertz CT molecular complexity index is 645. The van der Waals surface area contributed by atoms with Gasteiger partial charge in [0.15, 0.2) is 0 Å². The smallest absolute Gasteiger partial charge is 0.132 e. The van der Waals surface area contributed by atoms with Crippen molar-refractivity contribution < 1.29 is 9.47 Å². The average Bonchev–Trinajstić information content (AvgIpc) is 2.41. The molecule has 0 heterocycles. The van der Waals surface area contributed by atoms with Gasteiger partial charge in [0.25, 0.3) is 0 Å². The van der Waals surface area contributed by atoms with Gasteiger partial charge >= 0.3 is 0 Å². The predicted octanol–water partition coefficient (Wildman–Crippen LogP) is 3.25. The summed E-state index contributed by atoms with van der Waals surface area (Å²) in [6.45, 7) is 1.91. The van der Waals surface area contributed by atoms with Crippen molar-refractivity contribution in [2.45, 2.75) is 6.92 Å². The van der Waals surface area contributed by atoms with E-state index in [2.05, 4.69) is 6.07 Å². The van der Waals surface area contributed by atoms with E-state index in [0.717, 1.165) is 5.56 Å². The Morgan fingerprint density at radius 1 is 1.11 bits per heavy atom. The van der Waals surface area contributed by atoms with Crippen LogP contribution in [-0.2, 0) is 0 Å². The second kappa shape index (κ2) is 5.32. The molecule has 0 aliphatic heterocycles. The number of nitrogens with two attached hydrogens (primary N) is 1. The summed E-state index contributed by atoms with van der Waals surface area (Å²) in [5.74, 6) is 1.84. The third-order valence-electron chi connectivity index (χ3n) is 2.67. The van der Waals surface area contributed by atoms with Gasteiger partial charge in [-0.15, -0.1) is 0 Å². The summed E-state index contributed by atoms with van der Waals surface area (Å²) in [6.07, 6.45) is 0. The van der Waals surface area contributed by atoms with Crippen LogP contribution in [0.2, 0.25) is 0 Å². The quantitative estimate of drug-likeness (QED) is 0.854. The molecule has 0 radical (unpaired) electrons. The molecule has 0 atom stereocenters. The van der Waals surface area contributed by atoms with Gasteiger partial charge in [-0.25, -0.2) is 0 Å². The number of benzene rings is 2. The first-order valence-electron chi connectivity index (χ1n) is 5.75. The van der Waals surface area contributed by atoms with E-state index in [-0.39, 0.29) is 0 Å². The fourth-order valence-electron chi connectivity index (χ4n) is 1.73. The van der Waals surface area contributed by atoms with E-state index in [9.17, 15) is 0 Å². The minimum Gasteiger partial charge on any atom is -0.497 e. The zero-order valence-corrected chi connectivity index (χ0v) is 10.8. The molecule has 0 aromatic heterocycles. The third-order valence-corrected chi connectivity index (χ3v) is 2.67. The van der Waals surface area contributed by atoms with E-state index in [0.29, 0.717) is 28.5 Å². The van der Waals surface area contributed by atoms with Crippen LogP contribution in [0.4, 0.5) is 5.69 Å². The van der Waals surface area contributed by atoms with E-state index >= 15 is 0 Å². The van der Waals surface area contributed by atoms with Crippen molar-refractivity contribution in [3.63, 3.8) is 0 Å². The Balaban J connectivity index is 2.35. The fourth-order valence-corrected chi connectivity index (χ4v) is 1.73.